The summed E-state index contributed by atoms with van der Waals surface area (Å²) in [6.07, 6.45) is 0.210. The lowest BCUT2D eigenvalue weighted by atomic mass is 10.0. The van der Waals surface area contributed by atoms with E-state index in [0.717, 1.165) is 16.3 Å². The molecule has 0 saturated carbocycles. The Morgan fingerprint density at radius 1 is 1.10 bits per heavy atom. The SMILES string of the molecule is O=C(Cc1cccc2ccccc12)Oc1ccsc1CO. The first-order valence-corrected chi connectivity index (χ1v) is 7.50. The summed E-state index contributed by atoms with van der Waals surface area (Å²) < 4.78 is 5.34. The topological polar surface area (TPSA) is 46.5 Å². The molecule has 0 atom stereocenters. The Kier molecular flexibility index (Phi) is 3.99. The van der Waals surface area contributed by atoms with Crippen LogP contribution in [0.2, 0.25) is 0 Å². The van der Waals surface area contributed by atoms with Crippen LogP contribution in [0, 0.1) is 0 Å². The zero-order valence-electron chi connectivity index (χ0n) is 11.3. The van der Waals surface area contributed by atoms with Crippen molar-refractivity contribution in [1.29, 1.82) is 0 Å². The third-order valence-corrected chi connectivity index (χ3v) is 4.17. The van der Waals surface area contributed by atoms with E-state index in [1.54, 1.807) is 11.4 Å². The molecule has 0 amide bonds. The molecule has 2 aromatic carbocycles. The van der Waals surface area contributed by atoms with Crippen LogP contribution in [0.15, 0.2) is 53.9 Å². The normalized spacial score (nSPS) is 10.7. The highest BCUT2D eigenvalue weighted by atomic mass is 32.1. The molecule has 3 rings (SSSR count). The molecule has 0 aliphatic rings. The van der Waals surface area contributed by atoms with Gasteiger partial charge in [0.15, 0.2) is 0 Å². The Balaban J connectivity index is 1.81. The van der Waals surface area contributed by atoms with Gasteiger partial charge in [0.2, 0.25) is 0 Å². The summed E-state index contributed by atoms with van der Waals surface area (Å²) in [6, 6.07) is 15.6. The second-order valence-electron chi connectivity index (χ2n) is 4.66. The zero-order valence-corrected chi connectivity index (χ0v) is 12.1. The maximum absolute atomic E-state index is 12.1. The Hall–Kier alpha value is -2.17. The number of hydrogen-bond acceptors (Lipinski definition) is 4. The molecule has 21 heavy (non-hydrogen) atoms. The van der Waals surface area contributed by atoms with Gasteiger partial charge in [-0.1, -0.05) is 42.5 Å². The van der Waals surface area contributed by atoms with Gasteiger partial charge in [-0.15, -0.1) is 11.3 Å². The van der Waals surface area contributed by atoms with E-state index in [4.69, 9.17) is 4.74 Å². The lowest BCUT2D eigenvalue weighted by Crippen LogP contribution is -2.11. The van der Waals surface area contributed by atoms with E-state index in [0.29, 0.717) is 10.6 Å². The van der Waals surface area contributed by atoms with Crippen LogP contribution < -0.4 is 4.74 Å². The molecule has 3 nitrogen and oxygen atoms in total. The lowest BCUT2D eigenvalue weighted by Gasteiger charge is -2.07. The molecule has 3 aromatic rings. The summed E-state index contributed by atoms with van der Waals surface area (Å²) in [5.41, 5.74) is 0.943. The zero-order chi connectivity index (χ0) is 14.7. The predicted molar refractivity (Wildman–Crippen MR) is 83.5 cm³/mol. The molecular weight excluding hydrogens is 284 g/mol. The molecule has 0 spiro atoms. The van der Waals surface area contributed by atoms with Crippen LogP contribution in [-0.4, -0.2) is 11.1 Å². The van der Waals surface area contributed by atoms with Crippen molar-refractivity contribution in [2.75, 3.05) is 0 Å². The van der Waals surface area contributed by atoms with Crippen LogP contribution >= 0.6 is 11.3 Å². The fraction of sp³-hybridized carbons (Fsp3) is 0.118. The number of carbonyl (C=O) groups is 1. The molecule has 0 aliphatic carbocycles. The van der Waals surface area contributed by atoms with Crippen molar-refractivity contribution in [3.05, 3.63) is 64.4 Å². The number of carbonyl (C=O) groups excluding carboxylic acids is 1. The highest BCUT2D eigenvalue weighted by Gasteiger charge is 2.12. The van der Waals surface area contributed by atoms with E-state index in [9.17, 15) is 9.90 Å². The second kappa shape index (κ2) is 6.08. The summed E-state index contributed by atoms with van der Waals surface area (Å²) in [6.45, 7) is -0.117. The predicted octanol–water partition coefficient (Wildman–Crippen LogP) is 3.54. The van der Waals surface area contributed by atoms with Gasteiger partial charge in [-0.3, -0.25) is 4.79 Å². The number of ether oxygens (including phenoxy) is 1. The standard InChI is InChI=1S/C17H14O3S/c18-11-16-15(8-9-21-16)20-17(19)10-13-6-3-5-12-4-1-2-7-14(12)13/h1-9,18H,10-11H2. The van der Waals surface area contributed by atoms with Gasteiger partial charge in [0.05, 0.1) is 17.9 Å². The number of hydrogen-bond donors (Lipinski definition) is 1. The molecule has 0 saturated heterocycles. The summed E-state index contributed by atoms with van der Waals surface area (Å²) >= 11 is 1.37. The highest BCUT2D eigenvalue weighted by Crippen LogP contribution is 2.25. The molecule has 0 unspecified atom stereocenters. The van der Waals surface area contributed by atoms with Crippen molar-refractivity contribution in [1.82, 2.24) is 0 Å². The van der Waals surface area contributed by atoms with Gasteiger partial charge in [0.25, 0.3) is 0 Å². The van der Waals surface area contributed by atoms with Gasteiger partial charge in [0, 0.05) is 0 Å². The van der Waals surface area contributed by atoms with Crippen LogP contribution in [0.4, 0.5) is 0 Å². The molecule has 0 bridgehead atoms. The van der Waals surface area contributed by atoms with E-state index < -0.39 is 0 Å². The minimum absolute atomic E-state index is 0.117. The Labute approximate surface area is 126 Å². The first-order chi connectivity index (χ1) is 10.3. The van der Waals surface area contributed by atoms with Crippen LogP contribution in [0.25, 0.3) is 10.8 Å². The second-order valence-corrected chi connectivity index (χ2v) is 5.66. The lowest BCUT2D eigenvalue weighted by molar-refractivity contribution is -0.133. The van der Waals surface area contributed by atoms with Gasteiger partial charge in [-0.25, -0.2) is 0 Å². The number of aliphatic hydroxyl groups excluding tert-OH is 1. The van der Waals surface area contributed by atoms with E-state index in [2.05, 4.69) is 0 Å². The smallest absolute Gasteiger partial charge is 0.315 e. The first kappa shape index (κ1) is 13.8. The number of aliphatic hydroxyl groups is 1. The Morgan fingerprint density at radius 3 is 2.76 bits per heavy atom. The summed E-state index contributed by atoms with van der Waals surface area (Å²) in [7, 11) is 0. The van der Waals surface area contributed by atoms with Crippen LogP contribution in [0.5, 0.6) is 5.75 Å². The fourth-order valence-electron chi connectivity index (χ4n) is 2.30. The fourth-order valence-corrected chi connectivity index (χ4v) is 2.95. The quantitative estimate of drug-likeness (QED) is 0.749. The van der Waals surface area contributed by atoms with Crippen molar-refractivity contribution in [3.63, 3.8) is 0 Å². The van der Waals surface area contributed by atoms with Crippen LogP contribution in [0.1, 0.15) is 10.4 Å². The average molecular weight is 298 g/mol. The highest BCUT2D eigenvalue weighted by molar-refractivity contribution is 7.10. The summed E-state index contributed by atoms with van der Waals surface area (Å²) in [5.74, 6) is 0.132. The van der Waals surface area contributed by atoms with E-state index in [1.807, 2.05) is 42.5 Å². The number of rotatable bonds is 4. The summed E-state index contributed by atoms with van der Waals surface area (Å²) in [5, 5.41) is 13.1. The van der Waals surface area contributed by atoms with Crippen molar-refractivity contribution < 1.29 is 14.6 Å². The Morgan fingerprint density at radius 2 is 1.90 bits per heavy atom. The molecule has 0 radical (unpaired) electrons. The molecule has 106 valence electrons. The number of esters is 1. The monoisotopic (exact) mass is 298 g/mol. The molecule has 0 fully saturated rings. The third kappa shape index (κ3) is 2.96. The van der Waals surface area contributed by atoms with Crippen LogP contribution in [0.3, 0.4) is 0 Å². The van der Waals surface area contributed by atoms with E-state index in [1.165, 1.54) is 11.3 Å². The Bertz CT molecular complexity index is 771. The average Bonchev–Trinajstić information content (AvgIpc) is 2.94. The minimum Gasteiger partial charge on any atom is -0.425 e. The maximum Gasteiger partial charge on any atom is 0.315 e. The number of thiophene rings is 1. The van der Waals surface area contributed by atoms with Gasteiger partial charge >= 0.3 is 5.97 Å². The summed E-state index contributed by atoms with van der Waals surface area (Å²) in [4.78, 5) is 12.8. The van der Waals surface area contributed by atoms with Crippen molar-refractivity contribution in [2.24, 2.45) is 0 Å². The van der Waals surface area contributed by atoms with Gasteiger partial charge in [-0.05, 0) is 27.8 Å². The van der Waals surface area contributed by atoms with Gasteiger partial charge in [-0.2, -0.15) is 0 Å². The van der Waals surface area contributed by atoms with Crippen molar-refractivity contribution in [2.45, 2.75) is 13.0 Å². The molecule has 4 heteroatoms. The maximum atomic E-state index is 12.1. The van der Waals surface area contributed by atoms with Gasteiger partial charge in [0.1, 0.15) is 5.75 Å². The van der Waals surface area contributed by atoms with E-state index >= 15 is 0 Å². The first-order valence-electron chi connectivity index (χ1n) is 6.62. The van der Waals surface area contributed by atoms with E-state index in [-0.39, 0.29) is 19.0 Å². The number of fused-ring (bicyclic) bond motifs is 1. The van der Waals surface area contributed by atoms with Crippen molar-refractivity contribution >= 4 is 28.1 Å². The molecule has 1 heterocycles. The largest absolute Gasteiger partial charge is 0.425 e. The third-order valence-electron chi connectivity index (χ3n) is 3.29. The van der Waals surface area contributed by atoms with Gasteiger partial charge < -0.3 is 9.84 Å². The van der Waals surface area contributed by atoms with Crippen LogP contribution in [-0.2, 0) is 17.8 Å². The minimum atomic E-state index is -0.320. The van der Waals surface area contributed by atoms with Crippen molar-refractivity contribution in [3.8, 4) is 5.75 Å². The number of benzene rings is 2. The molecule has 1 N–H and O–H groups in total. The molecule has 0 aliphatic heterocycles. The molecular formula is C17H14O3S. The molecule has 1 aromatic heterocycles.